The predicted molar refractivity (Wildman–Crippen MR) is 85.4 cm³/mol. The quantitative estimate of drug-likeness (QED) is 0.753. The second-order valence-corrected chi connectivity index (χ2v) is 7.40. The minimum atomic E-state index is -2.84. The molecule has 0 bridgehead atoms. The van der Waals surface area contributed by atoms with Gasteiger partial charge in [-0.05, 0) is 31.2 Å². The summed E-state index contributed by atoms with van der Waals surface area (Å²) in [4.78, 5) is 12.6. The van der Waals surface area contributed by atoms with Crippen LogP contribution < -0.4 is 5.32 Å². The third-order valence-corrected chi connectivity index (χ3v) is 4.59. The van der Waals surface area contributed by atoms with Gasteiger partial charge in [0.25, 0.3) is 0 Å². The summed E-state index contributed by atoms with van der Waals surface area (Å²) in [6.07, 6.45) is 1.19. The maximum atomic E-state index is 12.2. The molecule has 0 aliphatic carbocycles. The number of aliphatic hydroxyl groups is 1. The first kappa shape index (κ1) is 17.7. The molecule has 0 aliphatic heterocycles. The highest BCUT2D eigenvalue weighted by Gasteiger charge is 2.30. The SMILES string of the molecule is Cc1oncc1C(O)C(C#N)C(=O)Nc1ccc(S(C)(=N)=O)cc1. The maximum absolute atomic E-state index is 12.2. The first-order valence-electron chi connectivity index (χ1n) is 6.87. The number of benzene rings is 1. The van der Waals surface area contributed by atoms with Crippen LogP contribution in [-0.4, -0.2) is 26.6 Å². The Kier molecular flexibility index (Phi) is 5.02. The van der Waals surface area contributed by atoms with Gasteiger partial charge in [-0.15, -0.1) is 0 Å². The third kappa shape index (κ3) is 3.79. The fourth-order valence-corrected chi connectivity index (χ4v) is 2.72. The van der Waals surface area contributed by atoms with Crippen LogP contribution in [0.5, 0.6) is 0 Å². The summed E-state index contributed by atoms with van der Waals surface area (Å²) >= 11 is 0. The number of aryl methyl sites for hydroxylation is 1. The second-order valence-electron chi connectivity index (χ2n) is 5.25. The minimum Gasteiger partial charge on any atom is -0.386 e. The lowest BCUT2D eigenvalue weighted by Crippen LogP contribution is -2.27. The number of nitriles is 1. The summed E-state index contributed by atoms with van der Waals surface area (Å²) in [5.41, 5.74) is 0.633. The van der Waals surface area contributed by atoms with Crippen molar-refractivity contribution < 1.29 is 18.6 Å². The summed E-state index contributed by atoms with van der Waals surface area (Å²) in [5, 5.41) is 25.4. The third-order valence-electron chi connectivity index (χ3n) is 3.42. The van der Waals surface area contributed by atoms with Crippen LogP contribution in [0.4, 0.5) is 5.69 Å². The van der Waals surface area contributed by atoms with Gasteiger partial charge in [0.15, 0.2) is 5.92 Å². The van der Waals surface area contributed by atoms with E-state index in [-0.39, 0.29) is 5.56 Å². The highest BCUT2D eigenvalue weighted by atomic mass is 32.2. The number of anilines is 1. The molecule has 24 heavy (non-hydrogen) atoms. The fourth-order valence-electron chi connectivity index (χ4n) is 2.06. The number of rotatable bonds is 5. The highest BCUT2D eigenvalue weighted by molar-refractivity contribution is 7.91. The molecule has 0 fully saturated rings. The number of amides is 1. The minimum absolute atomic E-state index is 0.270. The Hall–Kier alpha value is -2.70. The van der Waals surface area contributed by atoms with E-state index in [1.54, 1.807) is 13.0 Å². The van der Waals surface area contributed by atoms with Crippen LogP contribution in [0, 0.1) is 29.0 Å². The molecule has 1 amide bonds. The van der Waals surface area contributed by atoms with Crippen molar-refractivity contribution >= 4 is 21.3 Å². The summed E-state index contributed by atoms with van der Waals surface area (Å²) in [6.45, 7) is 1.57. The Labute approximate surface area is 139 Å². The molecule has 9 heteroatoms. The average Bonchev–Trinajstić information content (AvgIpc) is 2.93. The van der Waals surface area contributed by atoms with Crippen LogP contribution >= 0.6 is 0 Å². The van der Waals surface area contributed by atoms with Crippen LogP contribution in [0.15, 0.2) is 39.9 Å². The zero-order valence-electron chi connectivity index (χ0n) is 13.0. The molecular formula is C15H16N4O4S. The van der Waals surface area contributed by atoms with Gasteiger partial charge in [-0.3, -0.25) is 4.79 Å². The smallest absolute Gasteiger partial charge is 0.244 e. The van der Waals surface area contributed by atoms with Crippen molar-refractivity contribution in [1.82, 2.24) is 5.16 Å². The molecule has 126 valence electrons. The van der Waals surface area contributed by atoms with E-state index in [1.807, 2.05) is 0 Å². The van der Waals surface area contributed by atoms with Gasteiger partial charge in [0, 0.05) is 22.4 Å². The number of carbonyl (C=O) groups is 1. The largest absolute Gasteiger partial charge is 0.386 e. The van der Waals surface area contributed by atoms with E-state index in [0.717, 1.165) is 0 Å². The number of aromatic nitrogens is 1. The molecule has 8 nitrogen and oxygen atoms in total. The number of carbonyl (C=O) groups excluding carboxylic acids is 1. The molecule has 0 radical (unpaired) electrons. The van der Waals surface area contributed by atoms with Crippen LogP contribution in [-0.2, 0) is 14.5 Å². The molecule has 3 atom stereocenters. The normalized spacial score (nSPS) is 15.8. The molecule has 3 unspecified atom stereocenters. The number of nitrogens with zero attached hydrogens (tertiary/aromatic N) is 2. The van der Waals surface area contributed by atoms with E-state index >= 15 is 0 Å². The number of aliphatic hydroxyl groups excluding tert-OH is 1. The lowest BCUT2D eigenvalue weighted by Gasteiger charge is -2.15. The molecule has 2 aromatic rings. The molecule has 0 saturated carbocycles. The summed E-state index contributed by atoms with van der Waals surface area (Å²) < 4.78 is 23.9. The summed E-state index contributed by atoms with van der Waals surface area (Å²) in [5.74, 6) is -1.72. The van der Waals surface area contributed by atoms with Crippen molar-refractivity contribution in [3.05, 3.63) is 41.8 Å². The van der Waals surface area contributed by atoms with Gasteiger partial charge in [0.05, 0.1) is 22.0 Å². The zero-order valence-corrected chi connectivity index (χ0v) is 13.8. The first-order valence-corrected chi connectivity index (χ1v) is 8.84. The van der Waals surface area contributed by atoms with Crippen molar-refractivity contribution in [2.45, 2.75) is 17.9 Å². The topological polar surface area (TPSA) is 140 Å². The molecular weight excluding hydrogens is 332 g/mol. The van der Waals surface area contributed by atoms with Gasteiger partial charge >= 0.3 is 0 Å². The van der Waals surface area contributed by atoms with Gasteiger partial charge in [-0.2, -0.15) is 5.26 Å². The Bertz CT molecular complexity index is 881. The summed E-state index contributed by atoms with van der Waals surface area (Å²) in [7, 11) is -2.84. The van der Waals surface area contributed by atoms with Gasteiger partial charge in [-0.25, -0.2) is 8.99 Å². The van der Waals surface area contributed by atoms with Crippen LogP contribution in [0.1, 0.15) is 17.4 Å². The highest BCUT2D eigenvalue weighted by Crippen LogP contribution is 2.25. The molecule has 3 N–H and O–H groups in total. The number of nitrogens with one attached hydrogen (secondary N) is 2. The van der Waals surface area contributed by atoms with Gasteiger partial charge in [-0.1, -0.05) is 5.16 Å². The molecule has 2 rings (SSSR count). The molecule has 1 aromatic carbocycles. The number of hydrogen-bond donors (Lipinski definition) is 3. The zero-order chi connectivity index (χ0) is 17.9. The Morgan fingerprint density at radius 1 is 1.46 bits per heavy atom. The Morgan fingerprint density at radius 3 is 2.54 bits per heavy atom. The fraction of sp³-hybridized carbons (Fsp3) is 0.267. The van der Waals surface area contributed by atoms with E-state index < -0.39 is 27.7 Å². The van der Waals surface area contributed by atoms with E-state index in [0.29, 0.717) is 16.3 Å². The summed E-state index contributed by atoms with van der Waals surface area (Å²) in [6, 6.07) is 7.66. The van der Waals surface area contributed by atoms with Crippen molar-refractivity contribution in [2.75, 3.05) is 11.6 Å². The van der Waals surface area contributed by atoms with E-state index in [1.165, 1.54) is 36.7 Å². The van der Waals surface area contributed by atoms with E-state index in [4.69, 9.17) is 9.30 Å². The van der Waals surface area contributed by atoms with Crippen molar-refractivity contribution in [3.8, 4) is 6.07 Å². The predicted octanol–water partition coefficient (Wildman–Crippen LogP) is 1.83. The van der Waals surface area contributed by atoms with Crippen LogP contribution in [0.2, 0.25) is 0 Å². The number of hydrogen-bond acceptors (Lipinski definition) is 7. The molecule has 1 aromatic heterocycles. The van der Waals surface area contributed by atoms with Crippen LogP contribution in [0.3, 0.4) is 0 Å². The Morgan fingerprint density at radius 2 is 2.08 bits per heavy atom. The Balaban J connectivity index is 2.15. The maximum Gasteiger partial charge on any atom is 0.244 e. The van der Waals surface area contributed by atoms with Gasteiger partial charge < -0.3 is 14.9 Å². The van der Waals surface area contributed by atoms with Crippen molar-refractivity contribution in [3.63, 3.8) is 0 Å². The molecule has 1 heterocycles. The van der Waals surface area contributed by atoms with E-state index in [2.05, 4.69) is 10.5 Å². The molecule has 0 spiro atoms. The van der Waals surface area contributed by atoms with Gasteiger partial charge in [0.1, 0.15) is 11.9 Å². The lowest BCUT2D eigenvalue weighted by atomic mass is 9.97. The first-order chi connectivity index (χ1) is 11.2. The standard InChI is InChI=1S/C15H16N4O4S/c1-9-13(8-18-23-9)14(20)12(7-16)15(21)19-10-3-5-11(6-4-10)24(2,17)22/h3-6,8,12,14,17,20H,1-2H3,(H,19,21). The average molecular weight is 348 g/mol. The second kappa shape index (κ2) is 6.82. The molecule has 0 saturated heterocycles. The lowest BCUT2D eigenvalue weighted by molar-refractivity contribution is -0.121. The van der Waals surface area contributed by atoms with Crippen molar-refractivity contribution in [2.24, 2.45) is 5.92 Å². The van der Waals surface area contributed by atoms with Crippen LogP contribution in [0.25, 0.3) is 0 Å². The molecule has 0 aliphatic rings. The monoisotopic (exact) mass is 348 g/mol. The van der Waals surface area contributed by atoms with E-state index in [9.17, 15) is 19.4 Å². The van der Waals surface area contributed by atoms with Gasteiger partial charge in [0.2, 0.25) is 5.91 Å². The van der Waals surface area contributed by atoms with Crippen molar-refractivity contribution in [1.29, 1.82) is 10.0 Å².